The summed E-state index contributed by atoms with van der Waals surface area (Å²) in [6.07, 6.45) is 9.79. The Bertz CT molecular complexity index is 749. The van der Waals surface area contributed by atoms with Crippen molar-refractivity contribution in [2.75, 3.05) is 0 Å². The maximum atomic E-state index is 12.4. The molecule has 1 aromatic rings. The first-order chi connectivity index (χ1) is 13.9. The molecule has 156 valence electrons. The van der Waals surface area contributed by atoms with Crippen LogP contribution in [0.15, 0.2) is 24.3 Å². The summed E-state index contributed by atoms with van der Waals surface area (Å²) in [6.45, 7) is 5.78. The van der Waals surface area contributed by atoms with E-state index in [4.69, 9.17) is 4.74 Å². The third kappa shape index (κ3) is 5.83. The number of nitrogens with zero attached hydrogens (tertiary/aromatic N) is 2. The van der Waals surface area contributed by atoms with E-state index in [1.165, 1.54) is 18.4 Å². The summed E-state index contributed by atoms with van der Waals surface area (Å²) in [5, 5.41) is 19.1. The second-order valence-electron chi connectivity index (χ2n) is 8.78. The van der Waals surface area contributed by atoms with Gasteiger partial charge in [-0.1, -0.05) is 51.7 Å². The third-order valence-electron chi connectivity index (χ3n) is 6.45. The van der Waals surface area contributed by atoms with Gasteiger partial charge in [-0.25, -0.2) is 4.79 Å². The van der Waals surface area contributed by atoms with Crippen molar-refractivity contribution in [1.29, 1.82) is 10.5 Å². The van der Waals surface area contributed by atoms with Crippen molar-refractivity contribution >= 4 is 5.97 Å². The van der Waals surface area contributed by atoms with Crippen LogP contribution in [0.5, 0.6) is 5.75 Å². The van der Waals surface area contributed by atoms with Gasteiger partial charge in [0.1, 0.15) is 5.75 Å². The standard InChI is InChI=1S/C25H34N2O2/c1-4-6-7-15-25(19-27)16-12-21(13-17-25)20-8-10-22(11-9-20)29-23(28)24(3,18-26)14-5-2/h8-11,21H,4-7,12-17H2,1-3H3. The predicted molar refractivity (Wildman–Crippen MR) is 114 cm³/mol. The van der Waals surface area contributed by atoms with Crippen molar-refractivity contribution in [2.24, 2.45) is 10.8 Å². The van der Waals surface area contributed by atoms with E-state index < -0.39 is 11.4 Å². The smallest absolute Gasteiger partial charge is 0.331 e. The molecule has 1 aromatic carbocycles. The first kappa shape index (κ1) is 23.0. The van der Waals surface area contributed by atoms with Crippen molar-refractivity contribution in [3.05, 3.63) is 29.8 Å². The summed E-state index contributed by atoms with van der Waals surface area (Å²) in [6, 6.07) is 12.4. The van der Waals surface area contributed by atoms with Gasteiger partial charge in [-0.15, -0.1) is 0 Å². The van der Waals surface area contributed by atoms with E-state index in [1.807, 2.05) is 31.2 Å². The van der Waals surface area contributed by atoms with Gasteiger partial charge in [0.15, 0.2) is 5.41 Å². The summed E-state index contributed by atoms with van der Waals surface area (Å²) in [4.78, 5) is 12.4. The van der Waals surface area contributed by atoms with Crippen LogP contribution in [0.1, 0.15) is 96.5 Å². The molecule has 0 amide bonds. The Kier molecular flexibility index (Phi) is 8.27. The Balaban J connectivity index is 1.95. The molecule has 0 bridgehead atoms. The van der Waals surface area contributed by atoms with Crippen LogP contribution in [0.3, 0.4) is 0 Å². The molecule has 1 aliphatic rings. The minimum Gasteiger partial charge on any atom is -0.425 e. The Morgan fingerprint density at radius 1 is 1.14 bits per heavy atom. The number of hydrogen-bond donors (Lipinski definition) is 0. The number of carbonyl (C=O) groups is 1. The van der Waals surface area contributed by atoms with Crippen LogP contribution in [0.2, 0.25) is 0 Å². The van der Waals surface area contributed by atoms with Crippen molar-refractivity contribution in [1.82, 2.24) is 0 Å². The monoisotopic (exact) mass is 394 g/mol. The summed E-state index contributed by atoms with van der Waals surface area (Å²) in [5.74, 6) is 0.452. The zero-order valence-electron chi connectivity index (χ0n) is 18.2. The molecule has 4 heteroatoms. The highest BCUT2D eigenvalue weighted by Crippen LogP contribution is 2.45. The number of esters is 1. The highest BCUT2D eigenvalue weighted by atomic mass is 16.5. The highest BCUT2D eigenvalue weighted by Gasteiger charge is 2.36. The number of carbonyl (C=O) groups excluding carboxylic acids is 1. The van der Waals surface area contributed by atoms with Gasteiger partial charge >= 0.3 is 5.97 Å². The van der Waals surface area contributed by atoms with E-state index in [-0.39, 0.29) is 5.41 Å². The van der Waals surface area contributed by atoms with Crippen LogP contribution in [0.4, 0.5) is 0 Å². The second kappa shape index (κ2) is 10.4. The molecule has 0 radical (unpaired) electrons. The minimum atomic E-state index is -1.10. The molecule has 29 heavy (non-hydrogen) atoms. The van der Waals surface area contributed by atoms with E-state index in [1.54, 1.807) is 6.92 Å². The lowest BCUT2D eigenvalue weighted by molar-refractivity contribution is -0.142. The normalized spacial score (nSPS) is 23.4. The molecule has 0 aromatic heterocycles. The van der Waals surface area contributed by atoms with E-state index in [9.17, 15) is 15.3 Å². The highest BCUT2D eigenvalue weighted by molar-refractivity contribution is 5.81. The molecule has 1 saturated carbocycles. The van der Waals surface area contributed by atoms with E-state index in [2.05, 4.69) is 19.1 Å². The fourth-order valence-corrected chi connectivity index (χ4v) is 4.37. The van der Waals surface area contributed by atoms with Crippen LogP contribution in [0, 0.1) is 33.5 Å². The molecule has 1 aliphatic carbocycles. The number of hydrogen-bond acceptors (Lipinski definition) is 4. The van der Waals surface area contributed by atoms with Gasteiger partial charge in [0.05, 0.1) is 17.6 Å². The molecule has 0 heterocycles. The first-order valence-electron chi connectivity index (χ1n) is 11.1. The van der Waals surface area contributed by atoms with Crippen LogP contribution in [-0.2, 0) is 4.79 Å². The minimum absolute atomic E-state index is 0.137. The van der Waals surface area contributed by atoms with E-state index in [0.717, 1.165) is 44.9 Å². The molecule has 0 saturated heterocycles. The second-order valence-corrected chi connectivity index (χ2v) is 8.78. The number of benzene rings is 1. The van der Waals surface area contributed by atoms with Crippen molar-refractivity contribution in [3.8, 4) is 17.9 Å². The van der Waals surface area contributed by atoms with Crippen LogP contribution in [0.25, 0.3) is 0 Å². The predicted octanol–water partition coefficient (Wildman–Crippen LogP) is 6.67. The lowest BCUT2D eigenvalue weighted by atomic mass is 9.67. The Labute approximate surface area is 175 Å². The molecule has 2 rings (SSSR count). The molecule has 1 unspecified atom stereocenters. The average molecular weight is 395 g/mol. The van der Waals surface area contributed by atoms with Gasteiger partial charge in [0.2, 0.25) is 0 Å². The van der Waals surface area contributed by atoms with Crippen LogP contribution < -0.4 is 4.74 Å². The fraction of sp³-hybridized carbons (Fsp3) is 0.640. The maximum Gasteiger partial charge on any atom is 0.331 e. The maximum absolute atomic E-state index is 12.4. The topological polar surface area (TPSA) is 73.9 Å². The van der Waals surface area contributed by atoms with Crippen molar-refractivity contribution < 1.29 is 9.53 Å². The Hall–Kier alpha value is -2.33. The van der Waals surface area contributed by atoms with E-state index in [0.29, 0.717) is 18.1 Å². The zero-order chi connectivity index (χ0) is 21.3. The molecule has 0 spiro atoms. The van der Waals surface area contributed by atoms with Crippen molar-refractivity contribution in [3.63, 3.8) is 0 Å². The fourth-order valence-electron chi connectivity index (χ4n) is 4.37. The summed E-state index contributed by atoms with van der Waals surface area (Å²) >= 11 is 0. The zero-order valence-corrected chi connectivity index (χ0v) is 18.2. The molecule has 0 N–H and O–H groups in total. The molecule has 0 aliphatic heterocycles. The lowest BCUT2D eigenvalue weighted by Crippen LogP contribution is -2.30. The van der Waals surface area contributed by atoms with Gasteiger partial charge in [-0.05, 0) is 69.1 Å². The van der Waals surface area contributed by atoms with Crippen LogP contribution >= 0.6 is 0 Å². The van der Waals surface area contributed by atoms with Crippen molar-refractivity contribution in [2.45, 2.75) is 90.9 Å². The van der Waals surface area contributed by atoms with Gasteiger partial charge < -0.3 is 4.74 Å². The van der Waals surface area contributed by atoms with Gasteiger partial charge in [0.25, 0.3) is 0 Å². The Morgan fingerprint density at radius 2 is 1.79 bits per heavy atom. The first-order valence-corrected chi connectivity index (χ1v) is 11.1. The van der Waals surface area contributed by atoms with Gasteiger partial charge in [-0.3, -0.25) is 0 Å². The SMILES string of the molecule is CCCCCC1(C#N)CCC(c2ccc(OC(=O)C(C)(C#N)CCC)cc2)CC1. The number of nitriles is 2. The van der Waals surface area contributed by atoms with Gasteiger partial charge in [0, 0.05) is 0 Å². The van der Waals surface area contributed by atoms with Crippen LogP contribution in [-0.4, -0.2) is 5.97 Å². The molecule has 4 nitrogen and oxygen atoms in total. The molecular weight excluding hydrogens is 360 g/mol. The summed E-state index contributed by atoms with van der Waals surface area (Å²) in [7, 11) is 0. The molecule has 1 fully saturated rings. The third-order valence-corrected chi connectivity index (χ3v) is 6.45. The number of rotatable bonds is 9. The van der Waals surface area contributed by atoms with Gasteiger partial charge in [-0.2, -0.15) is 10.5 Å². The summed E-state index contributed by atoms with van der Waals surface area (Å²) < 4.78 is 5.47. The van der Waals surface area contributed by atoms with E-state index >= 15 is 0 Å². The lowest BCUT2D eigenvalue weighted by Gasteiger charge is -2.35. The number of unbranched alkanes of at least 4 members (excludes halogenated alkanes) is 2. The quantitative estimate of drug-likeness (QED) is 0.266. The largest absolute Gasteiger partial charge is 0.425 e. The number of ether oxygens (including phenoxy) is 1. The average Bonchev–Trinajstić information content (AvgIpc) is 2.75. The Morgan fingerprint density at radius 3 is 2.31 bits per heavy atom. The molecular formula is C25H34N2O2. The molecule has 1 atom stereocenters. The summed E-state index contributed by atoms with van der Waals surface area (Å²) in [5.41, 5.74) is -0.00123.